The SMILES string of the molecule is CC(NC(=O)c1ccc(CCNS(C)(=O)=O)s1)c1cccc2ccccc12. The van der Waals surface area contributed by atoms with Crippen LogP contribution in [0.2, 0.25) is 0 Å². The molecule has 0 fully saturated rings. The van der Waals surface area contributed by atoms with Gasteiger partial charge in [-0.1, -0.05) is 42.5 Å². The van der Waals surface area contributed by atoms with Gasteiger partial charge >= 0.3 is 0 Å². The van der Waals surface area contributed by atoms with Crippen LogP contribution in [0.4, 0.5) is 0 Å². The van der Waals surface area contributed by atoms with Crippen molar-refractivity contribution in [2.45, 2.75) is 19.4 Å². The number of rotatable bonds is 7. The summed E-state index contributed by atoms with van der Waals surface area (Å²) >= 11 is 1.39. The van der Waals surface area contributed by atoms with E-state index in [1.807, 2.05) is 37.3 Å². The van der Waals surface area contributed by atoms with Crippen LogP contribution in [-0.4, -0.2) is 27.1 Å². The first-order chi connectivity index (χ1) is 12.8. The van der Waals surface area contributed by atoms with Crippen molar-refractivity contribution < 1.29 is 13.2 Å². The highest BCUT2D eigenvalue weighted by atomic mass is 32.2. The van der Waals surface area contributed by atoms with Crippen LogP contribution in [0.3, 0.4) is 0 Å². The number of thiophene rings is 1. The number of sulfonamides is 1. The van der Waals surface area contributed by atoms with E-state index in [4.69, 9.17) is 0 Å². The fraction of sp³-hybridized carbons (Fsp3) is 0.250. The molecule has 5 nitrogen and oxygen atoms in total. The third kappa shape index (κ3) is 5.15. The van der Waals surface area contributed by atoms with Gasteiger partial charge in [0.25, 0.3) is 5.91 Å². The summed E-state index contributed by atoms with van der Waals surface area (Å²) in [5, 5.41) is 5.34. The standard InChI is InChI=1S/C20H22N2O3S2/c1-14(17-9-5-7-15-6-3-4-8-18(15)17)22-20(23)19-11-10-16(26-19)12-13-21-27(2,24)25/h3-11,14,21H,12-13H2,1-2H3,(H,22,23). The molecule has 0 bridgehead atoms. The Labute approximate surface area is 163 Å². The molecule has 0 aliphatic rings. The van der Waals surface area contributed by atoms with Gasteiger partial charge < -0.3 is 5.32 Å². The maximum absolute atomic E-state index is 12.6. The summed E-state index contributed by atoms with van der Waals surface area (Å²) in [5.74, 6) is -0.122. The zero-order valence-corrected chi connectivity index (χ0v) is 16.9. The number of carbonyl (C=O) groups excluding carboxylic acids is 1. The van der Waals surface area contributed by atoms with E-state index in [-0.39, 0.29) is 11.9 Å². The van der Waals surface area contributed by atoms with E-state index < -0.39 is 10.0 Å². The molecule has 0 radical (unpaired) electrons. The molecule has 142 valence electrons. The van der Waals surface area contributed by atoms with Gasteiger partial charge in [0.05, 0.1) is 17.2 Å². The lowest BCUT2D eigenvalue weighted by atomic mass is 10.00. The molecule has 0 aliphatic heterocycles. The summed E-state index contributed by atoms with van der Waals surface area (Å²) in [7, 11) is -3.19. The fourth-order valence-electron chi connectivity index (χ4n) is 2.97. The smallest absolute Gasteiger partial charge is 0.261 e. The Morgan fingerprint density at radius 1 is 1.07 bits per heavy atom. The second-order valence-corrected chi connectivity index (χ2v) is 9.45. The number of benzene rings is 2. The van der Waals surface area contributed by atoms with Crippen molar-refractivity contribution in [3.05, 3.63) is 69.9 Å². The molecule has 3 rings (SSSR count). The molecule has 2 N–H and O–H groups in total. The Morgan fingerprint density at radius 2 is 1.81 bits per heavy atom. The van der Waals surface area contributed by atoms with Crippen LogP contribution in [0.5, 0.6) is 0 Å². The van der Waals surface area contributed by atoms with E-state index in [1.165, 1.54) is 11.3 Å². The number of hydrogen-bond donors (Lipinski definition) is 2. The first-order valence-electron chi connectivity index (χ1n) is 8.65. The van der Waals surface area contributed by atoms with Crippen molar-refractivity contribution in [3.63, 3.8) is 0 Å². The van der Waals surface area contributed by atoms with Crippen LogP contribution in [0.15, 0.2) is 54.6 Å². The van der Waals surface area contributed by atoms with E-state index >= 15 is 0 Å². The highest BCUT2D eigenvalue weighted by Crippen LogP contribution is 2.25. The molecule has 27 heavy (non-hydrogen) atoms. The van der Waals surface area contributed by atoms with Gasteiger partial charge in [0, 0.05) is 11.4 Å². The van der Waals surface area contributed by atoms with Gasteiger partial charge in [-0.2, -0.15) is 0 Å². The van der Waals surface area contributed by atoms with Crippen LogP contribution >= 0.6 is 11.3 Å². The summed E-state index contributed by atoms with van der Waals surface area (Å²) < 4.78 is 24.7. The second kappa shape index (κ2) is 8.21. The average molecular weight is 403 g/mol. The summed E-state index contributed by atoms with van der Waals surface area (Å²) in [5.41, 5.74) is 1.08. The Bertz CT molecular complexity index is 1050. The molecule has 3 aromatic rings. The quantitative estimate of drug-likeness (QED) is 0.635. The molecule has 1 atom stereocenters. The van der Waals surface area contributed by atoms with Crippen molar-refractivity contribution in [3.8, 4) is 0 Å². The van der Waals surface area contributed by atoms with E-state index in [9.17, 15) is 13.2 Å². The van der Waals surface area contributed by atoms with Gasteiger partial charge in [0.2, 0.25) is 10.0 Å². The molecule has 0 saturated carbocycles. The maximum Gasteiger partial charge on any atom is 0.261 e. The molecule has 0 spiro atoms. The minimum Gasteiger partial charge on any atom is -0.345 e. The predicted octanol–water partition coefficient (Wildman–Crippen LogP) is 3.48. The van der Waals surface area contributed by atoms with Crippen molar-refractivity contribution in [2.75, 3.05) is 12.8 Å². The van der Waals surface area contributed by atoms with Crippen LogP contribution in [-0.2, 0) is 16.4 Å². The van der Waals surface area contributed by atoms with E-state index in [2.05, 4.69) is 28.2 Å². The van der Waals surface area contributed by atoms with Crippen molar-refractivity contribution in [1.82, 2.24) is 10.0 Å². The monoisotopic (exact) mass is 402 g/mol. The Morgan fingerprint density at radius 3 is 2.59 bits per heavy atom. The van der Waals surface area contributed by atoms with Crippen LogP contribution < -0.4 is 10.0 Å². The van der Waals surface area contributed by atoms with Crippen LogP contribution in [0.1, 0.15) is 33.1 Å². The number of hydrogen-bond acceptors (Lipinski definition) is 4. The van der Waals surface area contributed by atoms with Crippen molar-refractivity contribution in [1.29, 1.82) is 0 Å². The highest BCUT2D eigenvalue weighted by Gasteiger charge is 2.15. The van der Waals surface area contributed by atoms with Gasteiger partial charge in [-0.05, 0) is 41.8 Å². The topological polar surface area (TPSA) is 75.3 Å². The number of amides is 1. The molecule has 2 aromatic carbocycles. The summed E-state index contributed by atoms with van der Waals surface area (Å²) in [6, 6.07) is 17.7. The number of fused-ring (bicyclic) bond motifs is 1. The van der Waals surface area contributed by atoms with Crippen molar-refractivity contribution >= 4 is 38.0 Å². The number of nitrogens with one attached hydrogen (secondary N) is 2. The largest absolute Gasteiger partial charge is 0.345 e. The lowest BCUT2D eigenvalue weighted by Crippen LogP contribution is -2.26. The van der Waals surface area contributed by atoms with Gasteiger partial charge in [-0.25, -0.2) is 13.1 Å². The minimum atomic E-state index is -3.19. The number of carbonyl (C=O) groups is 1. The first kappa shape index (κ1) is 19.5. The molecular formula is C20H22N2O3S2. The zero-order chi connectivity index (χ0) is 19.4. The summed E-state index contributed by atoms with van der Waals surface area (Å²) in [6.45, 7) is 2.30. The molecule has 1 unspecified atom stereocenters. The molecule has 0 saturated heterocycles. The average Bonchev–Trinajstić information content (AvgIpc) is 3.09. The lowest BCUT2D eigenvalue weighted by molar-refractivity contribution is 0.0944. The van der Waals surface area contributed by atoms with Crippen molar-refractivity contribution in [2.24, 2.45) is 0 Å². The van der Waals surface area contributed by atoms with E-state index in [0.29, 0.717) is 17.8 Å². The molecule has 1 amide bonds. The molecule has 1 aromatic heterocycles. The maximum atomic E-state index is 12.6. The van der Waals surface area contributed by atoms with Gasteiger partial charge in [-0.3, -0.25) is 4.79 Å². The Kier molecular flexibility index (Phi) is 5.94. The summed E-state index contributed by atoms with van der Waals surface area (Å²) in [4.78, 5) is 14.2. The van der Waals surface area contributed by atoms with Gasteiger partial charge in [0.15, 0.2) is 0 Å². The fourth-order valence-corrected chi connectivity index (χ4v) is 4.35. The van der Waals surface area contributed by atoms with E-state index in [0.717, 1.165) is 27.5 Å². The minimum absolute atomic E-state index is 0.122. The molecule has 7 heteroatoms. The highest BCUT2D eigenvalue weighted by molar-refractivity contribution is 7.88. The van der Waals surface area contributed by atoms with E-state index in [1.54, 1.807) is 6.07 Å². The zero-order valence-electron chi connectivity index (χ0n) is 15.2. The molecule has 1 heterocycles. The van der Waals surface area contributed by atoms with Crippen LogP contribution in [0, 0.1) is 0 Å². The second-order valence-electron chi connectivity index (χ2n) is 6.45. The van der Waals surface area contributed by atoms with Crippen LogP contribution in [0.25, 0.3) is 10.8 Å². The molecular weight excluding hydrogens is 380 g/mol. The normalized spacial score (nSPS) is 12.8. The summed E-state index contributed by atoms with van der Waals surface area (Å²) in [6.07, 6.45) is 1.69. The predicted molar refractivity (Wildman–Crippen MR) is 111 cm³/mol. The lowest BCUT2D eigenvalue weighted by Gasteiger charge is -2.16. The third-order valence-electron chi connectivity index (χ3n) is 4.26. The Hall–Kier alpha value is -2.22. The Balaban J connectivity index is 1.66. The van der Waals surface area contributed by atoms with Gasteiger partial charge in [0.1, 0.15) is 0 Å². The first-order valence-corrected chi connectivity index (χ1v) is 11.4. The van der Waals surface area contributed by atoms with Gasteiger partial charge in [-0.15, -0.1) is 11.3 Å². The third-order valence-corrected chi connectivity index (χ3v) is 6.13. The molecule has 0 aliphatic carbocycles.